The molecule has 0 aliphatic heterocycles. The van der Waals surface area contributed by atoms with Gasteiger partial charge in [0, 0.05) is 17.6 Å². The Morgan fingerprint density at radius 1 is 1.19 bits per heavy atom. The largest absolute Gasteiger partial charge is 0.478 e. The minimum Gasteiger partial charge on any atom is -0.478 e. The monoisotopic (exact) mass is 287 g/mol. The highest BCUT2D eigenvalue weighted by Gasteiger charge is 2.20. The fourth-order valence-electron chi connectivity index (χ4n) is 3.17. The molecule has 0 saturated carbocycles. The molecule has 21 heavy (non-hydrogen) atoms. The van der Waals surface area contributed by atoms with Crippen molar-refractivity contribution in [2.45, 2.75) is 59.9 Å². The molecular weight excluding hydrogens is 262 g/mol. The van der Waals surface area contributed by atoms with E-state index in [1.807, 2.05) is 13.0 Å². The number of aromatic carboxylic acids is 1. The lowest BCUT2D eigenvalue weighted by molar-refractivity contribution is 0.0698. The lowest BCUT2D eigenvalue weighted by atomic mass is 10.0. The van der Waals surface area contributed by atoms with Crippen LogP contribution in [0.3, 0.4) is 0 Å². The van der Waals surface area contributed by atoms with Gasteiger partial charge in [0.15, 0.2) is 0 Å². The Kier molecular flexibility index (Phi) is 4.71. The number of aromatic nitrogens is 1. The first kappa shape index (κ1) is 15.6. The second kappa shape index (κ2) is 6.33. The number of nitrogens with zero attached hydrogens (tertiary/aromatic N) is 1. The maximum absolute atomic E-state index is 11.7. The highest BCUT2D eigenvalue weighted by Crippen LogP contribution is 2.31. The van der Waals surface area contributed by atoms with E-state index >= 15 is 0 Å². The summed E-state index contributed by atoms with van der Waals surface area (Å²) in [6.45, 7) is 9.24. The van der Waals surface area contributed by atoms with Crippen LogP contribution in [0.25, 0.3) is 10.9 Å². The normalized spacial score (nSPS) is 11.2. The highest BCUT2D eigenvalue weighted by atomic mass is 16.4. The number of unbranched alkanes of at least 4 members (excludes halogenated alkanes) is 1. The predicted octanol–water partition coefficient (Wildman–Crippen LogP) is 4.71. The summed E-state index contributed by atoms with van der Waals surface area (Å²) in [5, 5.41) is 10.7. The van der Waals surface area contributed by atoms with Crippen molar-refractivity contribution in [3.05, 3.63) is 34.5 Å². The van der Waals surface area contributed by atoms with Crippen LogP contribution in [-0.4, -0.2) is 15.6 Å². The molecule has 0 bridgehead atoms. The standard InChI is InChI=1S/C18H25NO2/c1-5-7-11-19-13(4)14(8-6-2)15-10-9-12(3)16(17(15)19)18(20)21/h9-10H,5-8,11H2,1-4H3,(H,20,21). The second-order valence-electron chi connectivity index (χ2n) is 5.78. The average Bonchev–Trinajstić information content (AvgIpc) is 2.69. The molecule has 3 nitrogen and oxygen atoms in total. The Bertz CT molecular complexity index is 668. The van der Waals surface area contributed by atoms with E-state index in [1.165, 1.54) is 11.3 Å². The van der Waals surface area contributed by atoms with Crippen LogP contribution in [0.1, 0.15) is 60.3 Å². The van der Waals surface area contributed by atoms with E-state index in [1.54, 1.807) is 0 Å². The van der Waals surface area contributed by atoms with Crippen LogP contribution in [0, 0.1) is 13.8 Å². The van der Waals surface area contributed by atoms with Crippen molar-refractivity contribution in [1.82, 2.24) is 4.57 Å². The van der Waals surface area contributed by atoms with Crippen molar-refractivity contribution in [2.75, 3.05) is 0 Å². The van der Waals surface area contributed by atoms with Gasteiger partial charge in [-0.2, -0.15) is 0 Å². The van der Waals surface area contributed by atoms with Crippen molar-refractivity contribution in [3.63, 3.8) is 0 Å². The zero-order valence-electron chi connectivity index (χ0n) is 13.5. The Labute approximate surface area is 126 Å². The van der Waals surface area contributed by atoms with Crippen LogP contribution in [0.5, 0.6) is 0 Å². The van der Waals surface area contributed by atoms with Gasteiger partial charge in [0.2, 0.25) is 0 Å². The molecule has 114 valence electrons. The predicted molar refractivity (Wildman–Crippen MR) is 87.3 cm³/mol. The average molecular weight is 287 g/mol. The lowest BCUT2D eigenvalue weighted by Crippen LogP contribution is -2.07. The summed E-state index contributed by atoms with van der Waals surface area (Å²) in [7, 11) is 0. The number of carbonyl (C=O) groups is 1. The molecule has 1 aromatic carbocycles. The second-order valence-corrected chi connectivity index (χ2v) is 5.78. The summed E-state index contributed by atoms with van der Waals surface area (Å²) >= 11 is 0. The van der Waals surface area contributed by atoms with Crippen molar-refractivity contribution in [2.24, 2.45) is 0 Å². The molecule has 0 fully saturated rings. The van der Waals surface area contributed by atoms with Crippen molar-refractivity contribution in [3.8, 4) is 0 Å². The van der Waals surface area contributed by atoms with Crippen molar-refractivity contribution < 1.29 is 9.90 Å². The Morgan fingerprint density at radius 3 is 2.48 bits per heavy atom. The van der Waals surface area contributed by atoms with Gasteiger partial charge in [-0.05, 0) is 37.8 Å². The molecule has 0 atom stereocenters. The van der Waals surface area contributed by atoms with Crippen LogP contribution in [-0.2, 0) is 13.0 Å². The van der Waals surface area contributed by atoms with Gasteiger partial charge in [-0.15, -0.1) is 0 Å². The minimum atomic E-state index is -0.823. The van der Waals surface area contributed by atoms with E-state index < -0.39 is 5.97 Å². The Balaban J connectivity index is 2.81. The first-order valence-electron chi connectivity index (χ1n) is 7.87. The Hall–Kier alpha value is -1.77. The van der Waals surface area contributed by atoms with Gasteiger partial charge in [0.05, 0.1) is 11.1 Å². The summed E-state index contributed by atoms with van der Waals surface area (Å²) in [5.41, 5.74) is 4.76. The number of carboxylic acids is 1. The zero-order chi connectivity index (χ0) is 15.6. The summed E-state index contributed by atoms with van der Waals surface area (Å²) < 4.78 is 2.22. The van der Waals surface area contributed by atoms with E-state index in [2.05, 4.69) is 31.4 Å². The van der Waals surface area contributed by atoms with Crippen LogP contribution in [0.15, 0.2) is 12.1 Å². The third kappa shape index (κ3) is 2.69. The topological polar surface area (TPSA) is 42.2 Å². The molecule has 1 aromatic heterocycles. The number of benzene rings is 1. The molecule has 2 rings (SSSR count). The molecule has 3 heteroatoms. The molecule has 0 unspecified atom stereocenters. The first-order valence-corrected chi connectivity index (χ1v) is 7.87. The number of carboxylic acid groups (broad SMARTS) is 1. The van der Waals surface area contributed by atoms with E-state index in [0.717, 1.165) is 48.7 Å². The third-order valence-corrected chi connectivity index (χ3v) is 4.27. The maximum atomic E-state index is 11.7. The molecule has 0 spiro atoms. The molecule has 1 N–H and O–H groups in total. The molecule has 0 radical (unpaired) electrons. The van der Waals surface area contributed by atoms with Gasteiger partial charge in [-0.3, -0.25) is 0 Å². The molecule has 0 saturated heterocycles. The van der Waals surface area contributed by atoms with Gasteiger partial charge in [0.1, 0.15) is 0 Å². The number of hydrogen-bond acceptors (Lipinski definition) is 1. The van der Waals surface area contributed by atoms with Crippen LogP contribution in [0.2, 0.25) is 0 Å². The number of hydrogen-bond donors (Lipinski definition) is 1. The molecule has 2 aromatic rings. The molecule has 1 heterocycles. The van der Waals surface area contributed by atoms with E-state index in [9.17, 15) is 9.90 Å². The maximum Gasteiger partial charge on any atom is 0.338 e. The molecule has 0 amide bonds. The first-order chi connectivity index (χ1) is 10.0. The van der Waals surface area contributed by atoms with Crippen LogP contribution >= 0.6 is 0 Å². The van der Waals surface area contributed by atoms with Crippen molar-refractivity contribution in [1.29, 1.82) is 0 Å². The van der Waals surface area contributed by atoms with Gasteiger partial charge < -0.3 is 9.67 Å². The molecule has 0 aliphatic carbocycles. The van der Waals surface area contributed by atoms with E-state index in [-0.39, 0.29) is 0 Å². The fraction of sp³-hybridized carbons (Fsp3) is 0.500. The Morgan fingerprint density at radius 2 is 1.90 bits per heavy atom. The van der Waals surface area contributed by atoms with Gasteiger partial charge in [0.25, 0.3) is 0 Å². The summed E-state index contributed by atoms with van der Waals surface area (Å²) in [6.07, 6.45) is 4.26. The minimum absolute atomic E-state index is 0.467. The van der Waals surface area contributed by atoms with E-state index in [0.29, 0.717) is 5.56 Å². The summed E-state index contributed by atoms with van der Waals surface area (Å²) in [6, 6.07) is 4.03. The van der Waals surface area contributed by atoms with Gasteiger partial charge in [-0.25, -0.2) is 4.79 Å². The third-order valence-electron chi connectivity index (χ3n) is 4.27. The lowest BCUT2D eigenvalue weighted by Gasteiger charge is -2.11. The van der Waals surface area contributed by atoms with Crippen molar-refractivity contribution >= 4 is 16.9 Å². The summed E-state index contributed by atoms with van der Waals surface area (Å²) in [5.74, 6) is -0.823. The fourth-order valence-corrected chi connectivity index (χ4v) is 3.17. The van der Waals surface area contributed by atoms with Gasteiger partial charge in [-0.1, -0.05) is 38.8 Å². The molecular formula is C18H25NO2. The van der Waals surface area contributed by atoms with Gasteiger partial charge >= 0.3 is 5.97 Å². The highest BCUT2D eigenvalue weighted by molar-refractivity contribution is 6.05. The number of rotatable bonds is 6. The quantitative estimate of drug-likeness (QED) is 0.836. The number of aryl methyl sites for hydroxylation is 3. The summed E-state index contributed by atoms with van der Waals surface area (Å²) in [4.78, 5) is 11.7. The zero-order valence-corrected chi connectivity index (χ0v) is 13.5. The number of fused-ring (bicyclic) bond motifs is 1. The van der Waals surface area contributed by atoms with Crippen LogP contribution < -0.4 is 0 Å². The van der Waals surface area contributed by atoms with Crippen LogP contribution in [0.4, 0.5) is 0 Å². The SMILES string of the molecule is CCCCn1c(C)c(CCC)c2ccc(C)c(C(=O)O)c21. The smallest absolute Gasteiger partial charge is 0.338 e. The van der Waals surface area contributed by atoms with E-state index in [4.69, 9.17) is 0 Å². The molecule has 0 aliphatic rings.